The Morgan fingerprint density at radius 3 is 2.63 bits per heavy atom. The van der Waals surface area contributed by atoms with E-state index in [-0.39, 0.29) is 5.41 Å². The first kappa shape index (κ1) is 14.4. The maximum Gasteiger partial charge on any atom is 0.142 e. The van der Waals surface area contributed by atoms with Gasteiger partial charge < -0.3 is 5.32 Å². The zero-order chi connectivity index (χ0) is 13.9. The molecule has 1 saturated heterocycles. The third-order valence-electron chi connectivity index (χ3n) is 4.00. The fourth-order valence-corrected chi connectivity index (χ4v) is 2.52. The molecule has 106 valence electrons. The van der Waals surface area contributed by atoms with E-state index in [9.17, 15) is 0 Å². The molecule has 1 fully saturated rings. The summed E-state index contributed by atoms with van der Waals surface area (Å²) >= 11 is 0. The highest BCUT2D eigenvalue weighted by atomic mass is 15.2. The summed E-state index contributed by atoms with van der Waals surface area (Å²) in [5.74, 6) is 0.920. The molecule has 1 aliphatic rings. The highest BCUT2D eigenvalue weighted by Gasteiger charge is 2.30. The summed E-state index contributed by atoms with van der Waals surface area (Å²) in [4.78, 5) is 11.2. The zero-order valence-electron chi connectivity index (χ0n) is 12.6. The van der Waals surface area contributed by atoms with Gasteiger partial charge in [0.2, 0.25) is 0 Å². The molecule has 4 nitrogen and oxygen atoms in total. The number of hydrogen-bond acceptors (Lipinski definition) is 4. The van der Waals surface area contributed by atoms with Crippen LogP contribution < -0.4 is 5.32 Å². The van der Waals surface area contributed by atoms with Crippen molar-refractivity contribution >= 4 is 0 Å². The Morgan fingerprint density at radius 2 is 2.00 bits per heavy atom. The molecule has 1 aliphatic heterocycles. The quantitative estimate of drug-likeness (QED) is 0.886. The van der Waals surface area contributed by atoms with Crippen molar-refractivity contribution in [3.63, 3.8) is 0 Å². The van der Waals surface area contributed by atoms with E-state index in [1.807, 2.05) is 18.5 Å². The van der Waals surface area contributed by atoms with Crippen LogP contribution in [0, 0.1) is 5.41 Å². The molecule has 0 saturated carbocycles. The van der Waals surface area contributed by atoms with E-state index in [4.69, 9.17) is 0 Å². The van der Waals surface area contributed by atoms with E-state index in [0.29, 0.717) is 12.1 Å². The van der Waals surface area contributed by atoms with Gasteiger partial charge in [-0.25, -0.2) is 9.97 Å². The molecule has 2 atom stereocenters. The first-order valence-electron chi connectivity index (χ1n) is 7.20. The van der Waals surface area contributed by atoms with Crippen LogP contribution in [0.3, 0.4) is 0 Å². The summed E-state index contributed by atoms with van der Waals surface area (Å²) in [6.07, 6.45) is 4.83. The van der Waals surface area contributed by atoms with Crippen molar-refractivity contribution in [3.8, 4) is 0 Å². The summed E-state index contributed by atoms with van der Waals surface area (Å²) in [5.41, 5.74) is 0.278. The standard InChI is InChI=1S/C15H26N4/c1-12-6-9-16-13(15(2,3)4)10-19(12)11-14-17-7-5-8-18-14/h5,7-8,12-13,16H,6,9-11H2,1-4H3. The van der Waals surface area contributed by atoms with E-state index in [1.54, 1.807) is 0 Å². The number of nitrogens with one attached hydrogen (secondary N) is 1. The molecule has 2 unspecified atom stereocenters. The first-order chi connectivity index (χ1) is 8.97. The molecule has 0 spiro atoms. The van der Waals surface area contributed by atoms with Crippen molar-refractivity contribution in [1.29, 1.82) is 0 Å². The van der Waals surface area contributed by atoms with Crippen LogP contribution in [0.2, 0.25) is 0 Å². The minimum atomic E-state index is 0.278. The Kier molecular flexibility index (Phi) is 4.53. The average Bonchev–Trinajstić information content (AvgIpc) is 2.53. The summed E-state index contributed by atoms with van der Waals surface area (Å²) < 4.78 is 0. The van der Waals surface area contributed by atoms with Crippen molar-refractivity contribution in [2.24, 2.45) is 5.41 Å². The van der Waals surface area contributed by atoms with Gasteiger partial charge in [-0.15, -0.1) is 0 Å². The lowest BCUT2D eigenvalue weighted by Gasteiger charge is -2.35. The highest BCUT2D eigenvalue weighted by molar-refractivity contribution is 4.93. The largest absolute Gasteiger partial charge is 0.312 e. The lowest BCUT2D eigenvalue weighted by atomic mass is 9.86. The molecule has 19 heavy (non-hydrogen) atoms. The molecule has 0 bridgehead atoms. The van der Waals surface area contributed by atoms with Crippen molar-refractivity contribution in [2.45, 2.75) is 52.7 Å². The van der Waals surface area contributed by atoms with Gasteiger partial charge in [0.1, 0.15) is 5.82 Å². The Hall–Kier alpha value is -1.00. The topological polar surface area (TPSA) is 41.0 Å². The van der Waals surface area contributed by atoms with E-state index in [2.05, 4.69) is 47.9 Å². The first-order valence-corrected chi connectivity index (χ1v) is 7.20. The number of aromatic nitrogens is 2. The summed E-state index contributed by atoms with van der Waals surface area (Å²) in [6.45, 7) is 12.2. The van der Waals surface area contributed by atoms with Gasteiger partial charge in [0, 0.05) is 31.0 Å². The van der Waals surface area contributed by atoms with E-state index in [1.165, 1.54) is 6.42 Å². The Bertz CT molecular complexity index is 385. The van der Waals surface area contributed by atoms with Crippen LogP contribution in [0.25, 0.3) is 0 Å². The van der Waals surface area contributed by atoms with Gasteiger partial charge in [0.05, 0.1) is 6.54 Å². The van der Waals surface area contributed by atoms with Gasteiger partial charge in [0.25, 0.3) is 0 Å². The van der Waals surface area contributed by atoms with Crippen molar-refractivity contribution in [2.75, 3.05) is 13.1 Å². The molecular weight excluding hydrogens is 236 g/mol. The number of rotatable bonds is 2. The fourth-order valence-electron chi connectivity index (χ4n) is 2.52. The van der Waals surface area contributed by atoms with Gasteiger partial charge in [-0.1, -0.05) is 20.8 Å². The monoisotopic (exact) mass is 262 g/mol. The molecule has 4 heteroatoms. The molecule has 0 amide bonds. The van der Waals surface area contributed by atoms with Crippen LogP contribution in [0.5, 0.6) is 0 Å². The normalized spacial score (nSPS) is 26.1. The molecular formula is C15H26N4. The van der Waals surface area contributed by atoms with Crippen LogP contribution in [0.4, 0.5) is 0 Å². The number of hydrogen-bond donors (Lipinski definition) is 1. The van der Waals surface area contributed by atoms with E-state index >= 15 is 0 Å². The van der Waals surface area contributed by atoms with Crippen molar-refractivity contribution < 1.29 is 0 Å². The van der Waals surface area contributed by atoms with Gasteiger partial charge in [-0.2, -0.15) is 0 Å². The predicted octanol–water partition coefficient (Wildman–Crippen LogP) is 2.08. The molecule has 2 rings (SSSR count). The number of nitrogens with zero attached hydrogens (tertiary/aromatic N) is 3. The predicted molar refractivity (Wildman–Crippen MR) is 77.8 cm³/mol. The third-order valence-corrected chi connectivity index (χ3v) is 4.00. The zero-order valence-corrected chi connectivity index (χ0v) is 12.6. The van der Waals surface area contributed by atoms with Crippen LogP contribution in [-0.2, 0) is 6.54 Å². The molecule has 0 aliphatic carbocycles. The fraction of sp³-hybridized carbons (Fsp3) is 0.733. The second-order valence-electron chi connectivity index (χ2n) is 6.60. The average molecular weight is 262 g/mol. The molecule has 1 N–H and O–H groups in total. The molecule has 2 heterocycles. The van der Waals surface area contributed by atoms with E-state index in [0.717, 1.165) is 25.5 Å². The lowest BCUT2D eigenvalue weighted by molar-refractivity contribution is 0.154. The molecule has 1 aromatic heterocycles. The lowest BCUT2D eigenvalue weighted by Crippen LogP contribution is -2.47. The summed E-state index contributed by atoms with van der Waals surface area (Å²) in [6, 6.07) is 2.96. The van der Waals surface area contributed by atoms with Crippen LogP contribution in [0.15, 0.2) is 18.5 Å². The van der Waals surface area contributed by atoms with Gasteiger partial charge in [-0.3, -0.25) is 4.90 Å². The minimum Gasteiger partial charge on any atom is -0.312 e. The Balaban J connectivity index is 2.08. The molecule has 0 aromatic carbocycles. The van der Waals surface area contributed by atoms with Gasteiger partial charge >= 0.3 is 0 Å². The molecule has 1 aromatic rings. The summed E-state index contributed by atoms with van der Waals surface area (Å²) in [5, 5.41) is 3.69. The van der Waals surface area contributed by atoms with Crippen LogP contribution >= 0.6 is 0 Å². The van der Waals surface area contributed by atoms with E-state index < -0.39 is 0 Å². The van der Waals surface area contributed by atoms with Crippen LogP contribution in [-0.4, -0.2) is 40.0 Å². The minimum absolute atomic E-state index is 0.278. The van der Waals surface area contributed by atoms with Crippen LogP contribution in [0.1, 0.15) is 39.9 Å². The Labute approximate surface area is 116 Å². The SMILES string of the molecule is CC1CCNC(C(C)(C)C)CN1Cc1ncccn1. The van der Waals surface area contributed by atoms with Crippen molar-refractivity contribution in [3.05, 3.63) is 24.3 Å². The summed E-state index contributed by atoms with van der Waals surface area (Å²) in [7, 11) is 0. The highest BCUT2D eigenvalue weighted by Crippen LogP contribution is 2.23. The second-order valence-corrected chi connectivity index (χ2v) is 6.60. The van der Waals surface area contributed by atoms with Gasteiger partial charge in [0.15, 0.2) is 0 Å². The Morgan fingerprint density at radius 1 is 1.32 bits per heavy atom. The second kappa shape index (κ2) is 5.97. The third kappa shape index (κ3) is 3.98. The maximum absolute atomic E-state index is 4.35. The molecule has 0 radical (unpaired) electrons. The van der Waals surface area contributed by atoms with Crippen molar-refractivity contribution in [1.82, 2.24) is 20.2 Å². The smallest absolute Gasteiger partial charge is 0.142 e. The van der Waals surface area contributed by atoms with Gasteiger partial charge in [-0.05, 0) is 31.4 Å². The maximum atomic E-state index is 4.35.